The number of furan rings is 1. The Bertz CT molecular complexity index is 2790. The van der Waals surface area contributed by atoms with Crippen molar-refractivity contribution in [2.24, 2.45) is 0 Å². The van der Waals surface area contributed by atoms with Gasteiger partial charge in [0, 0.05) is 62.4 Å². The minimum atomic E-state index is 0.571. The van der Waals surface area contributed by atoms with Gasteiger partial charge in [-0.05, 0) is 59.7 Å². The third kappa shape index (κ3) is 4.58. The predicted molar refractivity (Wildman–Crippen MR) is 201 cm³/mol. The average molecular weight is 642 g/mol. The van der Waals surface area contributed by atoms with Crippen LogP contribution in [0.4, 0.5) is 0 Å². The van der Waals surface area contributed by atoms with Crippen LogP contribution in [0.1, 0.15) is 0 Å². The van der Waals surface area contributed by atoms with Crippen molar-refractivity contribution in [2.75, 3.05) is 0 Å². The maximum atomic E-state index is 6.80. The van der Waals surface area contributed by atoms with E-state index in [0.29, 0.717) is 17.5 Å². The summed E-state index contributed by atoms with van der Waals surface area (Å²) in [6.07, 6.45) is 3.65. The number of hydrogen-bond donors (Lipinski definition) is 0. The molecular weight excluding hydrogens is 615 g/mol. The zero-order valence-corrected chi connectivity index (χ0v) is 26.7. The van der Waals surface area contributed by atoms with E-state index in [1.165, 1.54) is 10.8 Å². The molecule has 0 saturated carbocycles. The fraction of sp³-hybridized carbons (Fsp3) is 0. The molecule has 4 aromatic heterocycles. The topological polar surface area (TPSA) is 69.6 Å². The molecule has 0 saturated heterocycles. The number of hydrogen-bond acceptors (Lipinski definition) is 5. The van der Waals surface area contributed by atoms with Crippen molar-refractivity contribution in [1.29, 1.82) is 0 Å². The molecule has 0 fully saturated rings. The van der Waals surface area contributed by atoms with Crippen LogP contribution in [-0.2, 0) is 0 Å². The summed E-state index contributed by atoms with van der Waals surface area (Å²) in [6.45, 7) is 0. The molecule has 0 unspecified atom stereocenters. The fourth-order valence-electron chi connectivity index (χ4n) is 7.05. The summed E-state index contributed by atoms with van der Waals surface area (Å²) in [7, 11) is 0. The number of benzene rings is 6. The Balaban J connectivity index is 1.26. The summed E-state index contributed by atoms with van der Waals surface area (Å²) >= 11 is 0. The van der Waals surface area contributed by atoms with Crippen molar-refractivity contribution < 1.29 is 4.42 Å². The lowest BCUT2D eigenvalue weighted by Crippen LogP contribution is -2.00. The first-order chi connectivity index (χ1) is 24.8. The zero-order chi connectivity index (χ0) is 33.0. The van der Waals surface area contributed by atoms with Crippen molar-refractivity contribution in [2.45, 2.75) is 0 Å². The molecule has 6 aromatic carbocycles. The van der Waals surface area contributed by atoms with Crippen LogP contribution < -0.4 is 0 Å². The standard InChI is InChI=1S/C44H27N5O/c1-4-12-29(13-5-1)42-46-43(30-14-6-2-7-15-30)48-44(47-42)31-24-34(28-20-22-45-23-21-28)41-36-26-35-33-18-10-11-19-37(33)49(32-16-8-3-9-17-32)38(35)27-39(36)50-40(41)25-31/h1-27H. The maximum Gasteiger partial charge on any atom is 0.164 e. The van der Waals surface area contributed by atoms with E-state index in [1.807, 2.05) is 91.3 Å². The number of para-hydroxylation sites is 2. The molecule has 10 aromatic rings. The van der Waals surface area contributed by atoms with Gasteiger partial charge in [0.05, 0.1) is 11.0 Å². The first-order valence-electron chi connectivity index (χ1n) is 16.5. The largest absolute Gasteiger partial charge is 0.456 e. The Morgan fingerprint density at radius 1 is 0.420 bits per heavy atom. The van der Waals surface area contributed by atoms with Gasteiger partial charge in [-0.3, -0.25) is 4.98 Å². The molecule has 0 aliphatic carbocycles. The minimum absolute atomic E-state index is 0.571. The molecule has 0 radical (unpaired) electrons. The van der Waals surface area contributed by atoms with E-state index < -0.39 is 0 Å². The zero-order valence-electron chi connectivity index (χ0n) is 26.7. The first-order valence-corrected chi connectivity index (χ1v) is 16.5. The van der Waals surface area contributed by atoms with Gasteiger partial charge in [0.15, 0.2) is 17.5 Å². The minimum Gasteiger partial charge on any atom is -0.456 e. The molecule has 4 heterocycles. The van der Waals surface area contributed by atoms with Crippen LogP contribution in [0.2, 0.25) is 0 Å². The molecule has 50 heavy (non-hydrogen) atoms. The normalized spacial score (nSPS) is 11.6. The Labute approximate surface area is 287 Å². The van der Waals surface area contributed by atoms with Gasteiger partial charge in [-0.25, -0.2) is 15.0 Å². The van der Waals surface area contributed by atoms with Crippen LogP contribution in [0, 0.1) is 0 Å². The highest BCUT2D eigenvalue weighted by molar-refractivity contribution is 6.20. The second-order valence-electron chi connectivity index (χ2n) is 12.3. The summed E-state index contributed by atoms with van der Waals surface area (Å²) in [5.74, 6) is 1.79. The van der Waals surface area contributed by atoms with Crippen LogP contribution in [0.5, 0.6) is 0 Å². The predicted octanol–water partition coefficient (Wildman–Crippen LogP) is 10.9. The van der Waals surface area contributed by atoms with Gasteiger partial charge in [0.25, 0.3) is 0 Å². The van der Waals surface area contributed by atoms with Crippen LogP contribution in [0.15, 0.2) is 168 Å². The molecule has 0 bridgehead atoms. The summed E-state index contributed by atoms with van der Waals surface area (Å²) in [4.78, 5) is 19.3. The lowest BCUT2D eigenvalue weighted by molar-refractivity contribution is 0.669. The molecular formula is C44H27N5O. The van der Waals surface area contributed by atoms with Crippen molar-refractivity contribution in [3.05, 3.63) is 164 Å². The third-order valence-corrected chi connectivity index (χ3v) is 9.33. The van der Waals surface area contributed by atoms with E-state index >= 15 is 0 Å². The number of aromatic nitrogens is 5. The van der Waals surface area contributed by atoms with Gasteiger partial charge in [0.2, 0.25) is 0 Å². The number of pyridine rings is 1. The highest BCUT2D eigenvalue weighted by Gasteiger charge is 2.21. The van der Waals surface area contributed by atoms with Crippen LogP contribution >= 0.6 is 0 Å². The van der Waals surface area contributed by atoms with Crippen molar-refractivity contribution >= 4 is 43.7 Å². The lowest BCUT2D eigenvalue weighted by atomic mass is 9.96. The van der Waals surface area contributed by atoms with Gasteiger partial charge in [-0.2, -0.15) is 0 Å². The molecule has 0 atom stereocenters. The average Bonchev–Trinajstić information content (AvgIpc) is 3.72. The third-order valence-electron chi connectivity index (χ3n) is 9.33. The smallest absolute Gasteiger partial charge is 0.164 e. The Hall–Kier alpha value is -6.92. The van der Waals surface area contributed by atoms with Crippen molar-refractivity contribution in [1.82, 2.24) is 24.5 Å². The SMILES string of the molecule is c1ccc(-c2nc(-c3ccccc3)nc(-c3cc(-c4ccncc4)c4c(c3)oc3cc5c(cc34)c3ccccc3n5-c3ccccc3)n2)cc1. The van der Waals surface area contributed by atoms with Crippen LogP contribution in [-0.4, -0.2) is 24.5 Å². The van der Waals surface area contributed by atoms with E-state index in [4.69, 9.17) is 19.4 Å². The molecule has 0 aliphatic heterocycles. The highest BCUT2D eigenvalue weighted by Crippen LogP contribution is 2.43. The van der Waals surface area contributed by atoms with Gasteiger partial charge in [-0.1, -0.05) is 97.1 Å². The first kappa shape index (κ1) is 28.1. The molecule has 234 valence electrons. The highest BCUT2D eigenvalue weighted by atomic mass is 16.3. The summed E-state index contributed by atoms with van der Waals surface area (Å²) in [5, 5.41) is 4.44. The molecule has 10 rings (SSSR count). The summed E-state index contributed by atoms with van der Waals surface area (Å²) < 4.78 is 9.11. The quantitative estimate of drug-likeness (QED) is 0.187. The second-order valence-corrected chi connectivity index (χ2v) is 12.3. The number of rotatable bonds is 5. The molecule has 0 spiro atoms. The van der Waals surface area contributed by atoms with E-state index in [2.05, 4.69) is 82.3 Å². The van der Waals surface area contributed by atoms with Crippen molar-refractivity contribution in [3.63, 3.8) is 0 Å². The van der Waals surface area contributed by atoms with E-state index in [9.17, 15) is 0 Å². The van der Waals surface area contributed by atoms with Gasteiger partial charge >= 0.3 is 0 Å². The van der Waals surface area contributed by atoms with Crippen LogP contribution in [0.3, 0.4) is 0 Å². The molecule has 0 aliphatic rings. The second kappa shape index (κ2) is 11.4. The Morgan fingerprint density at radius 2 is 1.02 bits per heavy atom. The van der Waals surface area contributed by atoms with E-state index in [-0.39, 0.29) is 0 Å². The summed E-state index contributed by atoms with van der Waals surface area (Å²) in [6, 6.07) is 51.9. The van der Waals surface area contributed by atoms with Crippen molar-refractivity contribution in [3.8, 4) is 51.0 Å². The Morgan fingerprint density at radius 3 is 1.70 bits per heavy atom. The fourth-order valence-corrected chi connectivity index (χ4v) is 7.05. The van der Waals surface area contributed by atoms with E-state index in [1.54, 1.807) is 0 Å². The molecule has 6 heteroatoms. The van der Waals surface area contributed by atoms with Crippen LogP contribution in [0.25, 0.3) is 94.7 Å². The molecule has 6 nitrogen and oxygen atoms in total. The Kier molecular flexibility index (Phi) is 6.39. The molecule has 0 amide bonds. The summed E-state index contributed by atoms with van der Waals surface area (Å²) in [5.41, 5.74) is 9.65. The van der Waals surface area contributed by atoms with Gasteiger partial charge in [-0.15, -0.1) is 0 Å². The molecule has 0 N–H and O–H groups in total. The van der Waals surface area contributed by atoms with E-state index in [0.717, 1.165) is 66.5 Å². The monoisotopic (exact) mass is 641 g/mol. The van der Waals surface area contributed by atoms with Gasteiger partial charge < -0.3 is 8.98 Å². The van der Waals surface area contributed by atoms with Gasteiger partial charge in [0.1, 0.15) is 11.2 Å². The maximum absolute atomic E-state index is 6.80. The number of nitrogens with zero attached hydrogens (tertiary/aromatic N) is 5. The lowest BCUT2D eigenvalue weighted by Gasteiger charge is -2.10. The number of fused-ring (bicyclic) bond motifs is 6.